The van der Waals surface area contributed by atoms with Gasteiger partial charge in [-0.15, -0.1) is 0 Å². The zero-order valence-electron chi connectivity index (χ0n) is 13.7. The molecule has 3 nitrogen and oxygen atoms in total. The third-order valence-electron chi connectivity index (χ3n) is 4.15. The monoisotopic (exact) mass is 285 g/mol. The van der Waals surface area contributed by atoms with Crippen molar-refractivity contribution in [2.45, 2.75) is 65.5 Å². The van der Waals surface area contributed by atoms with Crippen LogP contribution >= 0.6 is 0 Å². The Morgan fingerprint density at radius 3 is 2.67 bits per heavy atom. The fourth-order valence-corrected chi connectivity index (χ4v) is 3.24. The van der Waals surface area contributed by atoms with Crippen molar-refractivity contribution in [1.29, 1.82) is 0 Å². The highest BCUT2D eigenvalue weighted by Crippen LogP contribution is 2.39. The fraction of sp³-hybridized carbons (Fsp3) is 0.611. The zero-order chi connectivity index (χ0) is 15.2. The normalized spacial score (nSPS) is 17.4. The lowest BCUT2D eigenvalue weighted by molar-refractivity contribution is 0.335. The van der Waals surface area contributed by atoms with Gasteiger partial charge < -0.3 is 10.3 Å². The van der Waals surface area contributed by atoms with Crippen molar-refractivity contribution >= 4 is 11.0 Å². The Hall–Kier alpha value is -1.35. The van der Waals surface area contributed by atoms with Crippen LogP contribution in [0.1, 0.15) is 57.5 Å². The summed E-state index contributed by atoms with van der Waals surface area (Å²) in [6.45, 7) is 8.88. The lowest BCUT2D eigenvalue weighted by Crippen LogP contribution is -2.29. The summed E-state index contributed by atoms with van der Waals surface area (Å²) in [6, 6.07) is 7.42. The summed E-state index contributed by atoms with van der Waals surface area (Å²) in [5.41, 5.74) is 10.3. The standard InChI is InChI=1S/C18H27N3/c1-12-5-8-16-15(9-12)20-17(21(16)14-6-7-14)10-13(19)11-18(2,3)4/h5,8-9,13-14H,6-7,10-11,19H2,1-4H3. The van der Waals surface area contributed by atoms with Gasteiger partial charge in [-0.05, 0) is 49.3 Å². The lowest BCUT2D eigenvalue weighted by Gasteiger charge is -2.23. The van der Waals surface area contributed by atoms with Crippen LogP contribution in [0.3, 0.4) is 0 Å². The molecule has 0 spiro atoms. The van der Waals surface area contributed by atoms with E-state index in [0.29, 0.717) is 6.04 Å². The smallest absolute Gasteiger partial charge is 0.111 e. The summed E-state index contributed by atoms with van der Waals surface area (Å²) in [4.78, 5) is 4.89. The van der Waals surface area contributed by atoms with Gasteiger partial charge in [-0.1, -0.05) is 26.8 Å². The first kappa shape index (κ1) is 14.6. The van der Waals surface area contributed by atoms with Gasteiger partial charge in [0.2, 0.25) is 0 Å². The number of rotatable bonds is 4. The van der Waals surface area contributed by atoms with Crippen molar-refractivity contribution in [2.75, 3.05) is 0 Å². The Labute approximate surface area is 127 Å². The summed E-state index contributed by atoms with van der Waals surface area (Å²) in [7, 11) is 0. The molecule has 3 rings (SSSR count). The molecule has 1 saturated carbocycles. The molecule has 2 aromatic rings. The number of nitrogens with two attached hydrogens (primary N) is 1. The van der Waals surface area contributed by atoms with E-state index in [1.165, 1.54) is 29.7 Å². The second-order valence-electron chi connectivity index (χ2n) is 7.85. The van der Waals surface area contributed by atoms with Crippen LogP contribution in [-0.2, 0) is 6.42 Å². The maximum atomic E-state index is 6.38. The van der Waals surface area contributed by atoms with Gasteiger partial charge >= 0.3 is 0 Å². The minimum Gasteiger partial charge on any atom is -0.327 e. The molecule has 1 aliphatic rings. The van der Waals surface area contributed by atoms with Crippen molar-refractivity contribution in [3.05, 3.63) is 29.6 Å². The Morgan fingerprint density at radius 2 is 2.05 bits per heavy atom. The molecular formula is C18H27N3. The second-order valence-corrected chi connectivity index (χ2v) is 7.85. The van der Waals surface area contributed by atoms with E-state index in [2.05, 4.69) is 50.5 Å². The molecule has 2 N–H and O–H groups in total. The molecule has 1 unspecified atom stereocenters. The van der Waals surface area contributed by atoms with Crippen molar-refractivity contribution in [3.63, 3.8) is 0 Å². The van der Waals surface area contributed by atoms with Crippen molar-refractivity contribution in [3.8, 4) is 0 Å². The predicted molar refractivity (Wildman–Crippen MR) is 88.5 cm³/mol. The number of hydrogen-bond acceptors (Lipinski definition) is 2. The van der Waals surface area contributed by atoms with Gasteiger partial charge in [-0.3, -0.25) is 0 Å². The van der Waals surface area contributed by atoms with E-state index in [0.717, 1.165) is 18.4 Å². The number of aryl methyl sites for hydroxylation is 1. The Bertz CT molecular complexity index is 644. The topological polar surface area (TPSA) is 43.8 Å². The highest BCUT2D eigenvalue weighted by Gasteiger charge is 2.29. The summed E-state index contributed by atoms with van der Waals surface area (Å²) in [5, 5.41) is 0. The summed E-state index contributed by atoms with van der Waals surface area (Å²) >= 11 is 0. The fourth-order valence-electron chi connectivity index (χ4n) is 3.24. The van der Waals surface area contributed by atoms with E-state index >= 15 is 0 Å². The maximum Gasteiger partial charge on any atom is 0.111 e. The molecule has 0 radical (unpaired) electrons. The summed E-state index contributed by atoms with van der Waals surface area (Å²) in [6.07, 6.45) is 4.46. The van der Waals surface area contributed by atoms with Crippen molar-refractivity contribution < 1.29 is 0 Å². The minimum absolute atomic E-state index is 0.181. The van der Waals surface area contributed by atoms with Crippen molar-refractivity contribution in [1.82, 2.24) is 9.55 Å². The molecule has 21 heavy (non-hydrogen) atoms. The average molecular weight is 285 g/mol. The third kappa shape index (κ3) is 3.29. The van der Waals surface area contributed by atoms with Gasteiger partial charge in [0.15, 0.2) is 0 Å². The van der Waals surface area contributed by atoms with Crippen LogP contribution in [0.4, 0.5) is 0 Å². The highest BCUT2D eigenvalue weighted by molar-refractivity contribution is 5.77. The molecule has 0 saturated heterocycles. The first-order valence-corrected chi connectivity index (χ1v) is 8.06. The first-order chi connectivity index (χ1) is 9.83. The minimum atomic E-state index is 0.181. The number of imidazole rings is 1. The van der Waals surface area contributed by atoms with E-state index in [4.69, 9.17) is 10.7 Å². The number of nitrogens with zero attached hydrogens (tertiary/aromatic N) is 2. The molecule has 0 amide bonds. The molecule has 1 aromatic heterocycles. The number of fused-ring (bicyclic) bond motifs is 1. The van der Waals surface area contributed by atoms with Crippen LogP contribution in [-0.4, -0.2) is 15.6 Å². The molecule has 1 atom stereocenters. The van der Waals surface area contributed by atoms with Crippen LogP contribution < -0.4 is 5.73 Å². The molecule has 3 heteroatoms. The van der Waals surface area contributed by atoms with Crippen LogP contribution in [0.5, 0.6) is 0 Å². The molecular weight excluding hydrogens is 258 g/mol. The van der Waals surface area contributed by atoms with Gasteiger partial charge in [-0.2, -0.15) is 0 Å². The molecule has 114 valence electrons. The van der Waals surface area contributed by atoms with Crippen LogP contribution in [0, 0.1) is 12.3 Å². The van der Waals surface area contributed by atoms with E-state index in [9.17, 15) is 0 Å². The summed E-state index contributed by atoms with van der Waals surface area (Å²) in [5.74, 6) is 1.18. The Morgan fingerprint density at radius 1 is 1.33 bits per heavy atom. The second kappa shape index (κ2) is 5.13. The zero-order valence-corrected chi connectivity index (χ0v) is 13.7. The van der Waals surface area contributed by atoms with Gasteiger partial charge in [0.05, 0.1) is 11.0 Å². The highest BCUT2D eigenvalue weighted by atomic mass is 15.1. The lowest BCUT2D eigenvalue weighted by atomic mass is 9.87. The predicted octanol–water partition coefficient (Wildman–Crippen LogP) is 3.99. The molecule has 1 fully saturated rings. The molecule has 0 bridgehead atoms. The van der Waals surface area contributed by atoms with E-state index in [1.807, 2.05) is 0 Å². The summed E-state index contributed by atoms with van der Waals surface area (Å²) < 4.78 is 2.44. The number of aromatic nitrogens is 2. The number of benzene rings is 1. The maximum absolute atomic E-state index is 6.38. The number of hydrogen-bond donors (Lipinski definition) is 1. The van der Waals surface area contributed by atoms with E-state index in [-0.39, 0.29) is 11.5 Å². The Kier molecular flexibility index (Phi) is 3.56. The van der Waals surface area contributed by atoms with Crippen LogP contribution in [0.15, 0.2) is 18.2 Å². The van der Waals surface area contributed by atoms with E-state index < -0.39 is 0 Å². The van der Waals surface area contributed by atoms with Crippen LogP contribution in [0.25, 0.3) is 11.0 Å². The van der Waals surface area contributed by atoms with E-state index in [1.54, 1.807) is 0 Å². The van der Waals surface area contributed by atoms with Gasteiger partial charge in [-0.25, -0.2) is 4.98 Å². The SMILES string of the molecule is Cc1ccc2c(c1)nc(CC(N)CC(C)(C)C)n2C1CC1. The van der Waals surface area contributed by atoms with Gasteiger partial charge in [0.1, 0.15) is 5.82 Å². The molecule has 1 aliphatic carbocycles. The molecule has 1 heterocycles. The Balaban J connectivity index is 1.92. The van der Waals surface area contributed by atoms with Crippen molar-refractivity contribution in [2.24, 2.45) is 11.1 Å². The largest absolute Gasteiger partial charge is 0.327 e. The first-order valence-electron chi connectivity index (χ1n) is 8.06. The van der Waals surface area contributed by atoms with Gasteiger partial charge in [0.25, 0.3) is 0 Å². The molecule has 0 aliphatic heterocycles. The average Bonchev–Trinajstić information content (AvgIpc) is 3.09. The third-order valence-corrected chi connectivity index (χ3v) is 4.15. The molecule has 1 aromatic carbocycles. The quantitative estimate of drug-likeness (QED) is 0.923. The van der Waals surface area contributed by atoms with Crippen LogP contribution in [0.2, 0.25) is 0 Å². The van der Waals surface area contributed by atoms with Gasteiger partial charge in [0, 0.05) is 18.5 Å².